The average molecular weight is 617 g/mol. The van der Waals surface area contributed by atoms with Gasteiger partial charge in [-0.2, -0.15) is 0 Å². The summed E-state index contributed by atoms with van der Waals surface area (Å²) in [5, 5.41) is 17.6. The summed E-state index contributed by atoms with van der Waals surface area (Å²) < 4.78 is 5.88. The van der Waals surface area contributed by atoms with Gasteiger partial charge in [0.25, 0.3) is 0 Å². The van der Waals surface area contributed by atoms with E-state index in [0.29, 0.717) is 42.2 Å². The second-order valence-corrected chi connectivity index (χ2v) is 11.9. The second-order valence-electron chi connectivity index (χ2n) is 11.9. The van der Waals surface area contributed by atoms with E-state index in [-0.39, 0.29) is 36.7 Å². The lowest BCUT2D eigenvalue weighted by atomic mass is 9.82. The normalized spacial score (nSPS) is 16.4. The molecule has 4 rings (SSSR count). The second kappa shape index (κ2) is 15.6. The minimum absolute atomic E-state index is 0.0427. The lowest BCUT2D eigenvalue weighted by Crippen LogP contribution is -2.54. The number of nitrogens with one attached hydrogen (secondary N) is 2. The van der Waals surface area contributed by atoms with Crippen LogP contribution in [0.15, 0.2) is 67.0 Å². The highest BCUT2D eigenvalue weighted by Crippen LogP contribution is 2.28. The average Bonchev–Trinajstić information content (AvgIpc) is 3.42. The predicted molar refractivity (Wildman–Crippen MR) is 170 cm³/mol. The van der Waals surface area contributed by atoms with Gasteiger partial charge in [-0.1, -0.05) is 74.5 Å². The SMILES string of the molecule is Cc1ncnc(C)c1OCC(=O)C(C(N)c1ccccc1)[C@H](O)C[C@H](Cc1ccccc1)NC(=O)[C@H](C(C)C)N1CCNC1=O. The van der Waals surface area contributed by atoms with Crippen molar-refractivity contribution in [1.82, 2.24) is 25.5 Å². The van der Waals surface area contributed by atoms with Crippen molar-refractivity contribution in [2.24, 2.45) is 17.6 Å². The zero-order valence-electron chi connectivity index (χ0n) is 26.3. The van der Waals surface area contributed by atoms with Crippen molar-refractivity contribution in [1.29, 1.82) is 0 Å². The van der Waals surface area contributed by atoms with Crippen molar-refractivity contribution in [2.45, 2.75) is 64.8 Å². The molecule has 5 N–H and O–H groups in total. The number of nitrogens with two attached hydrogens (primary N) is 1. The highest BCUT2D eigenvalue weighted by Gasteiger charge is 2.38. The van der Waals surface area contributed by atoms with Crippen LogP contribution in [-0.2, 0) is 16.0 Å². The van der Waals surface area contributed by atoms with Gasteiger partial charge in [0.15, 0.2) is 11.5 Å². The topological polar surface area (TPSA) is 160 Å². The van der Waals surface area contributed by atoms with Gasteiger partial charge in [-0.25, -0.2) is 14.8 Å². The maximum absolute atomic E-state index is 13.8. The molecule has 45 heavy (non-hydrogen) atoms. The minimum atomic E-state index is -1.23. The summed E-state index contributed by atoms with van der Waals surface area (Å²) in [5.74, 6) is -1.49. The summed E-state index contributed by atoms with van der Waals surface area (Å²) in [5.41, 5.74) is 9.51. The first-order valence-corrected chi connectivity index (χ1v) is 15.4. The zero-order chi connectivity index (χ0) is 32.5. The van der Waals surface area contributed by atoms with Crippen LogP contribution in [0.4, 0.5) is 4.79 Å². The Morgan fingerprint density at radius 3 is 2.24 bits per heavy atom. The number of nitrogens with zero attached hydrogens (tertiary/aromatic N) is 3. The number of Topliss-reactive ketones (excluding diaryl/α,β-unsaturated/α-hetero) is 1. The lowest BCUT2D eigenvalue weighted by molar-refractivity contribution is -0.130. The van der Waals surface area contributed by atoms with Gasteiger partial charge in [-0.15, -0.1) is 0 Å². The maximum atomic E-state index is 13.8. The van der Waals surface area contributed by atoms with Crippen molar-refractivity contribution < 1.29 is 24.2 Å². The zero-order valence-corrected chi connectivity index (χ0v) is 26.3. The quantitative estimate of drug-likeness (QED) is 0.203. The van der Waals surface area contributed by atoms with Crippen molar-refractivity contribution in [3.8, 4) is 5.75 Å². The van der Waals surface area contributed by atoms with E-state index in [1.165, 1.54) is 6.33 Å². The third-order valence-corrected chi connectivity index (χ3v) is 8.20. The van der Waals surface area contributed by atoms with Gasteiger partial charge in [0.2, 0.25) is 5.91 Å². The van der Waals surface area contributed by atoms with Gasteiger partial charge in [0.1, 0.15) is 19.0 Å². The third kappa shape index (κ3) is 8.64. The van der Waals surface area contributed by atoms with Crippen LogP contribution in [0.1, 0.15) is 48.8 Å². The number of benzene rings is 2. The smallest absolute Gasteiger partial charge is 0.318 e. The van der Waals surface area contributed by atoms with E-state index < -0.39 is 30.1 Å². The van der Waals surface area contributed by atoms with Crippen LogP contribution in [0.3, 0.4) is 0 Å². The van der Waals surface area contributed by atoms with E-state index in [9.17, 15) is 19.5 Å². The van der Waals surface area contributed by atoms with E-state index in [4.69, 9.17) is 10.5 Å². The molecule has 11 nitrogen and oxygen atoms in total. The van der Waals surface area contributed by atoms with Crippen molar-refractivity contribution in [2.75, 3.05) is 19.7 Å². The Hall–Kier alpha value is -4.35. The largest absolute Gasteiger partial charge is 0.482 e. The number of carbonyl (C=O) groups is 3. The molecule has 0 saturated carbocycles. The molecular weight excluding hydrogens is 572 g/mol. The Bertz CT molecular complexity index is 1420. The number of amides is 3. The summed E-state index contributed by atoms with van der Waals surface area (Å²) in [7, 11) is 0. The third-order valence-electron chi connectivity index (χ3n) is 8.20. The van der Waals surface area contributed by atoms with Gasteiger partial charge in [-0.3, -0.25) is 9.59 Å². The van der Waals surface area contributed by atoms with Crippen LogP contribution in [0, 0.1) is 25.7 Å². The van der Waals surface area contributed by atoms with Crippen molar-refractivity contribution in [3.63, 3.8) is 0 Å². The molecule has 1 aromatic heterocycles. The van der Waals surface area contributed by atoms with E-state index in [1.54, 1.807) is 18.7 Å². The number of hydrogen-bond acceptors (Lipinski definition) is 8. The Kier molecular flexibility index (Phi) is 11.6. The Balaban J connectivity index is 1.60. The summed E-state index contributed by atoms with van der Waals surface area (Å²) in [4.78, 5) is 49.9. The molecule has 2 aromatic carbocycles. The molecule has 3 aromatic rings. The first-order valence-electron chi connectivity index (χ1n) is 15.4. The fourth-order valence-electron chi connectivity index (χ4n) is 5.94. The maximum Gasteiger partial charge on any atom is 0.318 e. The lowest BCUT2D eigenvalue weighted by Gasteiger charge is -2.33. The van der Waals surface area contributed by atoms with Crippen LogP contribution >= 0.6 is 0 Å². The number of aromatic nitrogens is 2. The van der Waals surface area contributed by atoms with Gasteiger partial charge in [-0.05, 0) is 43.7 Å². The van der Waals surface area contributed by atoms with E-state index in [1.807, 2.05) is 74.5 Å². The fourth-order valence-corrected chi connectivity index (χ4v) is 5.94. The number of ether oxygens (including phenoxy) is 1. The summed E-state index contributed by atoms with van der Waals surface area (Å²) >= 11 is 0. The molecule has 11 heteroatoms. The molecule has 1 fully saturated rings. The molecule has 1 saturated heterocycles. The number of carbonyl (C=O) groups excluding carboxylic acids is 3. The van der Waals surface area contributed by atoms with Crippen molar-refractivity contribution in [3.05, 3.63) is 89.5 Å². The molecule has 0 radical (unpaired) electrons. The molecule has 2 unspecified atom stereocenters. The number of aliphatic hydroxyl groups is 1. The van der Waals surface area contributed by atoms with Gasteiger partial charge >= 0.3 is 6.03 Å². The number of aliphatic hydroxyl groups excluding tert-OH is 1. The first-order chi connectivity index (χ1) is 21.6. The molecule has 5 atom stereocenters. The van der Waals surface area contributed by atoms with Crippen LogP contribution in [-0.4, -0.2) is 75.6 Å². The molecule has 1 aliphatic rings. The number of aryl methyl sites for hydroxylation is 2. The molecule has 0 bridgehead atoms. The van der Waals surface area contributed by atoms with Crippen LogP contribution in [0.25, 0.3) is 0 Å². The Morgan fingerprint density at radius 1 is 1.04 bits per heavy atom. The van der Waals surface area contributed by atoms with Crippen LogP contribution in [0.2, 0.25) is 0 Å². The van der Waals surface area contributed by atoms with Gasteiger partial charge in [0.05, 0.1) is 23.4 Å². The van der Waals surface area contributed by atoms with Gasteiger partial charge < -0.3 is 31.1 Å². The summed E-state index contributed by atoms with van der Waals surface area (Å²) in [6.45, 7) is 7.88. The monoisotopic (exact) mass is 616 g/mol. The minimum Gasteiger partial charge on any atom is -0.482 e. The molecular formula is C34H44N6O5. The van der Waals surface area contributed by atoms with E-state index >= 15 is 0 Å². The van der Waals surface area contributed by atoms with E-state index in [2.05, 4.69) is 20.6 Å². The first kappa shape index (κ1) is 33.5. The molecule has 2 heterocycles. The van der Waals surface area contributed by atoms with Crippen LogP contribution in [0.5, 0.6) is 5.75 Å². The number of urea groups is 1. The molecule has 0 aliphatic carbocycles. The Labute approximate surface area is 264 Å². The fraction of sp³-hybridized carbons (Fsp3) is 0.441. The van der Waals surface area contributed by atoms with Crippen molar-refractivity contribution >= 4 is 17.7 Å². The molecule has 3 amide bonds. The standard InChI is InChI=1S/C34H44N6O5/c1-21(2)31(40-16-15-36-34(40)44)33(43)39-26(17-24-11-7-5-8-12-24)18-27(41)29(30(35)25-13-9-6-10-14-25)28(42)19-45-32-22(3)37-20-38-23(32)4/h5-14,20-21,26-27,29-31,41H,15-19,35H2,1-4H3,(H,36,44)(H,39,43)/t26-,27+,29?,30?,31-/m0/s1. The number of rotatable bonds is 15. The number of ketones is 1. The van der Waals surface area contributed by atoms with E-state index in [0.717, 1.165) is 5.56 Å². The highest BCUT2D eigenvalue weighted by atomic mass is 16.5. The predicted octanol–water partition coefficient (Wildman–Crippen LogP) is 2.89. The molecule has 1 aliphatic heterocycles. The molecule has 240 valence electrons. The summed E-state index contributed by atoms with van der Waals surface area (Å²) in [6.07, 6.45) is 0.643. The Morgan fingerprint density at radius 2 is 1.67 bits per heavy atom. The van der Waals surface area contributed by atoms with Gasteiger partial charge in [0, 0.05) is 25.2 Å². The highest BCUT2D eigenvalue weighted by molar-refractivity contribution is 5.88. The summed E-state index contributed by atoms with van der Waals surface area (Å²) in [6, 6.07) is 16.4. The van der Waals surface area contributed by atoms with Crippen LogP contribution < -0.4 is 21.1 Å². The number of hydrogen-bond donors (Lipinski definition) is 4. The molecule has 0 spiro atoms.